The quantitative estimate of drug-likeness (QED) is 0.894. The van der Waals surface area contributed by atoms with Crippen molar-refractivity contribution in [3.63, 3.8) is 0 Å². The van der Waals surface area contributed by atoms with Gasteiger partial charge in [-0.15, -0.1) is 0 Å². The van der Waals surface area contributed by atoms with Crippen LogP contribution in [0, 0.1) is 5.41 Å². The Hall–Kier alpha value is -0.740. The van der Waals surface area contributed by atoms with Crippen LogP contribution in [0.5, 0.6) is 11.5 Å². The Morgan fingerprint density at radius 1 is 1.15 bits per heavy atom. The number of methoxy groups -OCH3 is 2. The molecule has 1 saturated carbocycles. The highest BCUT2D eigenvalue weighted by Crippen LogP contribution is 2.49. The van der Waals surface area contributed by atoms with Gasteiger partial charge in [0.2, 0.25) is 0 Å². The van der Waals surface area contributed by atoms with Gasteiger partial charge in [0.15, 0.2) is 0 Å². The molecule has 20 heavy (non-hydrogen) atoms. The van der Waals surface area contributed by atoms with Crippen molar-refractivity contribution in [1.29, 1.82) is 0 Å². The summed E-state index contributed by atoms with van der Waals surface area (Å²) < 4.78 is 11.8. The molecule has 1 unspecified atom stereocenters. The van der Waals surface area contributed by atoms with Crippen LogP contribution in [0.25, 0.3) is 0 Å². The van der Waals surface area contributed by atoms with Crippen LogP contribution in [-0.2, 0) is 5.54 Å². The molecule has 1 aromatic carbocycles. The molecule has 1 fully saturated rings. The van der Waals surface area contributed by atoms with E-state index in [1.165, 1.54) is 6.42 Å². The Bertz CT molecular complexity index is 501. The number of benzene rings is 1. The molecule has 1 aromatic rings. The minimum absolute atomic E-state index is 0.268. The first kappa shape index (κ1) is 15.6. The van der Waals surface area contributed by atoms with Crippen molar-refractivity contribution < 1.29 is 9.47 Å². The van der Waals surface area contributed by atoms with Gasteiger partial charge in [-0.25, -0.2) is 0 Å². The summed E-state index contributed by atoms with van der Waals surface area (Å²) in [5, 5.41) is 0. The molecule has 1 aliphatic rings. The van der Waals surface area contributed by atoms with E-state index < -0.39 is 0 Å². The molecule has 0 bridgehead atoms. The maximum Gasteiger partial charge on any atom is 0.141 e. The lowest BCUT2D eigenvalue weighted by atomic mass is 9.66. The van der Waals surface area contributed by atoms with Crippen molar-refractivity contribution in [3.8, 4) is 11.5 Å². The summed E-state index contributed by atoms with van der Waals surface area (Å²) in [7, 11) is 3.33. The summed E-state index contributed by atoms with van der Waals surface area (Å²) in [5.41, 5.74) is 7.76. The Balaban J connectivity index is 2.49. The van der Waals surface area contributed by atoms with Crippen LogP contribution in [-0.4, -0.2) is 14.2 Å². The molecule has 2 N–H and O–H groups in total. The van der Waals surface area contributed by atoms with E-state index in [1.54, 1.807) is 14.2 Å². The second-order valence-corrected chi connectivity index (χ2v) is 7.31. The third-order valence-electron chi connectivity index (χ3n) is 4.29. The molecule has 0 heterocycles. The van der Waals surface area contributed by atoms with Crippen LogP contribution in [0.3, 0.4) is 0 Å². The molecule has 0 aromatic heterocycles. The predicted molar refractivity (Wildman–Crippen MR) is 85.4 cm³/mol. The highest BCUT2D eigenvalue weighted by molar-refractivity contribution is 9.10. The molecule has 112 valence electrons. The van der Waals surface area contributed by atoms with E-state index in [9.17, 15) is 0 Å². The molecular formula is C16H24BrNO2. The first-order valence-electron chi connectivity index (χ1n) is 7.03. The molecule has 1 atom stereocenters. The number of nitrogens with two attached hydrogens (primary N) is 1. The second kappa shape index (κ2) is 5.57. The maximum atomic E-state index is 6.75. The Labute approximate surface area is 130 Å². The zero-order valence-corrected chi connectivity index (χ0v) is 14.3. The third-order valence-corrected chi connectivity index (χ3v) is 5.04. The normalized spacial score (nSPS) is 25.3. The molecule has 0 spiro atoms. The summed E-state index contributed by atoms with van der Waals surface area (Å²) in [6, 6.07) is 4.00. The number of rotatable bonds is 3. The van der Waals surface area contributed by atoms with Gasteiger partial charge >= 0.3 is 0 Å². The summed E-state index contributed by atoms with van der Waals surface area (Å²) in [6.07, 6.45) is 4.34. The minimum Gasteiger partial charge on any atom is -0.495 e. The van der Waals surface area contributed by atoms with E-state index >= 15 is 0 Å². The monoisotopic (exact) mass is 341 g/mol. The Morgan fingerprint density at radius 2 is 1.85 bits per heavy atom. The van der Waals surface area contributed by atoms with Crippen LogP contribution in [0.1, 0.15) is 45.1 Å². The van der Waals surface area contributed by atoms with E-state index in [1.807, 2.05) is 12.1 Å². The second-order valence-electron chi connectivity index (χ2n) is 6.51. The van der Waals surface area contributed by atoms with Crippen LogP contribution < -0.4 is 15.2 Å². The van der Waals surface area contributed by atoms with Crippen molar-refractivity contribution in [2.45, 2.75) is 45.1 Å². The van der Waals surface area contributed by atoms with Crippen molar-refractivity contribution >= 4 is 15.9 Å². The minimum atomic E-state index is -0.331. The molecule has 0 radical (unpaired) electrons. The zero-order chi connectivity index (χ0) is 15.0. The van der Waals surface area contributed by atoms with Gasteiger partial charge in [0.05, 0.1) is 14.2 Å². The van der Waals surface area contributed by atoms with Gasteiger partial charge in [-0.05, 0) is 52.7 Å². The first-order chi connectivity index (χ1) is 9.33. The fourth-order valence-corrected chi connectivity index (χ4v) is 4.10. The number of hydrogen-bond acceptors (Lipinski definition) is 3. The lowest BCUT2D eigenvalue weighted by molar-refractivity contribution is 0.148. The van der Waals surface area contributed by atoms with Crippen molar-refractivity contribution in [3.05, 3.63) is 22.2 Å². The summed E-state index contributed by atoms with van der Waals surface area (Å²) in [6.45, 7) is 4.58. The van der Waals surface area contributed by atoms with Gasteiger partial charge in [-0.3, -0.25) is 0 Å². The summed E-state index contributed by atoms with van der Waals surface area (Å²) >= 11 is 3.57. The van der Waals surface area contributed by atoms with Crippen molar-refractivity contribution in [1.82, 2.24) is 0 Å². The average molecular weight is 342 g/mol. The van der Waals surface area contributed by atoms with Crippen LogP contribution >= 0.6 is 15.9 Å². The molecule has 0 aliphatic heterocycles. The standard InChI is InChI=1S/C16H24BrNO2/c1-15(2)8-5-9-16(18,10-15)11-6-7-12(19-3)13(17)14(11)20-4/h6-7H,5,8-10,18H2,1-4H3. The third kappa shape index (κ3) is 2.82. The van der Waals surface area contributed by atoms with Crippen LogP contribution in [0.2, 0.25) is 0 Å². The van der Waals surface area contributed by atoms with Crippen LogP contribution in [0.4, 0.5) is 0 Å². The molecule has 0 saturated heterocycles. The van der Waals surface area contributed by atoms with E-state index in [2.05, 4.69) is 29.8 Å². The molecule has 1 aliphatic carbocycles. The number of ether oxygens (including phenoxy) is 2. The zero-order valence-electron chi connectivity index (χ0n) is 12.8. The summed E-state index contributed by atoms with van der Waals surface area (Å²) in [4.78, 5) is 0. The topological polar surface area (TPSA) is 44.5 Å². The van der Waals surface area contributed by atoms with Crippen molar-refractivity contribution in [2.24, 2.45) is 11.1 Å². The molecule has 0 amide bonds. The molecule has 2 rings (SSSR count). The number of hydrogen-bond donors (Lipinski definition) is 1. The Morgan fingerprint density at radius 3 is 2.40 bits per heavy atom. The fraction of sp³-hybridized carbons (Fsp3) is 0.625. The van der Waals surface area contributed by atoms with E-state index in [0.717, 1.165) is 40.8 Å². The molecule has 3 nitrogen and oxygen atoms in total. The molecule has 4 heteroatoms. The fourth-order valence-electron chi connectivity index (χ4n) is 3.43. The van der Waals surface area contributed by atoms with E-state index in [0.29, 0.717) is 0 Å². The van der Waals surface area contributed by atoms with Crippen molar-refractivity contribution in [2.75, 3.05) is 14.2 Å². The number of halogens is 1. The highest BCUT2D eigenvalue weighted by Gasteiger charge is 2.40. The summed E-state index contributed by atoms with van der Waals surface area (Å²) in [5.74, 6) is 1.56. The first-order valence-corrected chi connectivity index (χ1v) is 7.82. The highest BCUT2D eigenvalue weighted by atomic mass is 79.9. The largest absolute Gasteiger partial charge is 0.495 e. The van der Waals surface area contributed by atoms with Gasteiger partial charge in [0.25, 0.3) is 0 Å². The van der Waals surface area contributed by atoms with Gasteiger partial charge in [0, 0.05) is 11.1 Å². The lowest BCUT2D eigenvalue weighted by Gasteiger charge is -2.43. The average Bonchev–Trinajstić information content (AvgIpc) is 2.36. The van der Waals surface area contributed by atoms with Crippen LogP contribution in [0.15, 0.2) is 16.6 Å². The van der Waals surface area contributed by atoms with Gasteiger partial charge in [-0.2, -0.15) is 0 Å². The molecular weight excluding hydrogens is 318 g/mol. The van der Waals surface area contributed by atoms with Gasteiger partial charge < -0.3 is 15.2 Å². The Kier molecular flexibility index (Phi) is 4.35. The maximum absolute atomic E-state index is 6.75. The predicted octanol–water partition coefficient (Wildman–Crippen LogP) is 4.22. The lowest BCUT2D eigenvalue weighted by Crippen LogP contribution is -2.44. The van der Waals surface area contributed by atoms with Gasteiger partial charge in [0.1, 0.15) is 16.0 Å². The smallest absolute Gasteiger partial charge is 0.141 e. The SMILES string of the molecule is COc1ccc(C2(N)CCCC(C)(C)C2)c(OC)c1Br. The van der Waals surface area contributed by atoms with E-state index in [-0.39, 0.29) is 11.0 Å². The van der Waals surface area contributed by atoms with E-state index in [4.69, 9.17) is 15.2 Å². The van der Waals surface area contributed by atoms with Gasteiger partial charge in [-0.1, -0.05) is 20.3 Å².